The van der Waals surface area contributed by atoms with Crippen molar-refractivity contribution in [1.29, 1.82) is 0 Å². The number of ether oxygens (including phenoxy) is 1. The summed E-state index contributed by atoms with van der Waals surface area (Å²) in [5.74, 6) is -0.580. The van der Waals surface area contributed by atoms with Crippen LogP contribution in [0.25, 0.3) is 0 Å². The number of nitrogens with two attached hydrogens (primary N) is 1. The van der Waals surface area contributed by atoms with Crippen LogP contribution in [0.5, 0.6) is 5.75 Å². The van der Waals surface area contributed by atoms with E-state index in [1.807, 2.05) is 37.1 Å². The normalized spacial score (nSPS) is 23.1. The van der Waals surface area contributed by atoms with Crippen molar-refractivity contribution in [3.8, 4) is 5.75 Å². The summed E-state index contributed by atoms with van der Waals surface area (Å²) < 4.78 is 18.4. The topological polar surface area (TPSA) is 102 Å². The molecule has 0 saturated heterocycles. The lowest BCUT2D eigenvalue weighted by Gasteiger charge is -2.44. The van der Waals surface area contributed by atoms with Crippen LogP contribution >= 0.6 is 11.6 Å². The van der Waals surface area contributed by atoms with Crippen molar-refractivity contribution in [3.63, 3.8) is 0 Å². The molecule has 1 amide bonds. The van der Waals surface area contributed by atoms with E-state index in [4.69, 9.17) is 26.9 Å². The van der Waals surface area contributed by atoms with Gasteiger partial charge in [-0.2, -0.15) is 0 Å². The van der Waals surface area contributed by atoms with Crippen molar-refractivity contribution >= 4 is 24.3 Å². The van der Waals surface area contributed by atoms with Crippen LogP contribution in [0.4, 0.5) is 4.39 Å². The summed E-state index contributed by atoms with van der Waals surface area (Å²) in [7, 11) is 0. The summed E-state index contributed by atoms with van der Waals surface area (Å²) in [6, 6.07) is 14.0. The number of benzene rings is 2. The lowest BCUT2D eigenvalue weighted by atomic mass is 9.73. The molecule has 30 heavy (non-hydrogen) atoms. The van der Waals surface area contributed by atoms with E-state index >= 15 is 0 Å². The van der Waals surface area contributed by atoms with E-state index in [1.165, 1.54) is 17.7 Å². The zero-order valence-electron chi connectivity index (χ0n) is 16.6. The Labute approximate surface area is 180 Å². The summed E-state index contributed by atoms with van der Waals surface area (Å²) in [5.41, 5.74) is 5.70. The minimum atomic E-state index is -0.581. The van der Waals surface area contributed by atoms with Crippen molar-refractivity contribution in [3.05, 3.63) is 64.9 Å². The Kier molecular flexibility index (Phi) is 8.34. The third-order valence-corrected chi connectivity index (χ3v) is 5.45. The van der Waals surface area contributed by atoms with Gasteiger partial charge in [0.15, 0.2) is 6.61 Å². The van der Waals surface area contributed by atoms with Gasteiger partial charge in [-0.1, -0.05) is 41.9 Å². The molecule has 0 aliphatic heterocycles. The fourth-order valence-corrected chi connectivity index (χ4v) is 3.96. The van der Waals surface area contributed by atoms with Gasteiger partial charge in [-0.25, -0.2) is 4.39 Å². The summed E-state index contributed by atoms with van der Waals surface area (Å²) in [4.78, 5) is 19.8. The van der Waals surface area contributed by atoms with Gasteiger partial charge in [-0.15, -0.1) is 0 Å². The molecular weight excluding hydrogens is 411 g/mol. The third-order valence-electron chi connectivity index (χ3n) is 5.15. The van der Waals surface area contributed by atoms with Gasteiger partial charge < -0.3 is 25.7 Å². The number of halogens is 2. The molecule has 0 heterocycles. The largest absolute Gasteiger partial charge is 0.484 e. The molecule has 0 unspecified atom stereocenters. The number of hydrogen-bond donors (Lipinski definition) is 3. The van der Waals surface area contributed by atoms with Gasteiger partial charge in [0, 0.05) is 18.2 Å². The van der Waals surface area contributed by atoms with Crippen molar-refractivity contribution in [1.82, 2.24) is 5.32 Å². The van der Waals surface area contributed by atoms with Crippen LogP contribution in [0.3, 0.4) is 0 Å². The first-order valence-electron chi connectivity index (χ1n) is 9.47. The molecule has 2 aromatic rings. The zero-order valence-corrected chi connectivity index (χ0v) is 17.3. The number of fused-ring (bicyclic) bond motifs is 1. The molecule has 0 aromatic heterocycles. The quantitative estimate of drug-likeness (QED) is 0.668. The van der Waals surface area contributed by atoms with Gasteiger partial charge >= 0.3 is 0 Å². The van der Waals surface area contributed by atoms with E-state index < -0.39 is 11.4 Å². The maximum Gasteiger partial charge on any atom is 0.258 e. The van der Waals surface area contributed by atoms with E-state index in [1.54, 1.807) is 0 Å². The summed E-state index contributed by atoms with van der Waals surface area (Å²) in [5, 5.41) is 12.8. The molecular formula is C22H26ClFN2O4. The summed E-state index contributed by atoms with van der Waals surface area (Å²) in [6.07, 6.45) is 2.75. The number of rotatable bonds is 5. The lowest BCUT2D eigenvalue weighted by molar-refractivity contribution is -0.128. The van der Waals surface area contributed by atoms with Gasteiger partial charge in [0.25, 0.3) is 5.91 Å². The molecule has 3 fully saturated rings. The predicted molar refractivity (Wildman–Crippen MR) is 113 cm³/mol. The Hall–Kier alpha value is -2.48. The molecule has 2 bridgehead atoms. The van der Waals surface area contributed by atoms with E-state index in [0.717, 1.165) is 18.9 Å². The van der Waals surface area contributed by atoms with E-state index in [2.05, 4.69) is 5.32 Å². The van der Waals surface area contributed by atoms with Crippen LogP contribution in [0, 0.1) is 5.82 Å². The Morgan fingerprint density at radius 1 is 1.20 bits per heavy atom. The molecule has 8 heteroatoms. The van der Waals surface area contributed by atoms with E-state index in [0.29, 0.717) is 19.4 Å². The minimum Gasteiger partial charge on any atom is -0.484 e. The van der Waals surface area contributed by atoms with Crippen LogP contribution in [0.2, 0.25) is 5.02 Å². The smallest absolute Gasteiger partial charge is 0.258 e. The second kappa shape index (κ2) is 10.5. The van der Waals surface area contributed by atoms with E-state index in [9.17, 15) is 14.3 Å². The Bertz CT molecular complexity index is 844. The molecule has 0 atom stereocenters. The van der Waals surface area contributed by atoms with Crippen molar-refractivity contribution in [2.24, 2.45) is 5.73 Å². The number of aliphatic hydroxyl groups is 1. The summed E-state index contributed by atoms with van der Waals surface area (Å²) in [6.45, 7) is 2.46. The molecule has 162 valence electrons. The highest BCUT2D eigenvalue weighted by atomic mass is 35.5. The predicted octanol–water partition coefficient (Wildman–Crippen LogP) is 2.99. The molecule has 0 spiro atoms. The number of carbonyl (C=O) groups excluding carboxylic acids is 2. The lowest BCUT2D eigenvalue weighted by Crippen LogP contribution is -2.59. The standard InChI is InChI=1S/C14H15ClFNO3.C7H9N.CH2O/c15-10-2-1-9(5-11(10)16)20-6-12(18)17-13-3-4-14(19,7-13)8-13;8-6-7-4-2-1-3-5-7;1-2/h1-2,5,19H,3-4,6-8H2,(H,17,18);1-5H,6,8H2;1H2. The van der Waals surface area contributed by atoms with Gasteiger partial charge in [0.1, 0.15) is 18.4 Å². The van der Waals surface area contributed by atoms with Crippen LogP contribution in [-0.2, 0) is 16.1 Å². The maximum absolute atomic E-state index is 13.2. The molecule has 5 rings (SSSR count). The van der Waals surface area contributed by atoms with Crippen molar-refractivity contribution in [2.45, 2.75) is 43.4 Å². The maximum atomic E-state index is 13.2. The van der Waals surface area contributed by atoms with Gasteiger partial charge in [-0.05, 0) is 43.4 Å². The molecule has 3 saturated carbocycles. The highest BCUT2D eigenvalue weighted by Crippen LogP contribution is 2.54. The van der Waals surface area contributed by atoms with Gasteiger partial charge in [-0.3, -0.25) is 4.79 Å². The fraction of sp³-hybridized carbons (Fsp3) is 0.364. The minimum absolute atomic E-state index is 0.0143. The summed E-state index contributed by atoms with van der Waals surface area (Å²) >= 11 is 5.56. The number of carbonyl (C=O) groups is 2. The molecule has 2 aromatic carbocycles. The molecule has 0 radical (unpaired) electrons. The molecule has 6 nitrogen and oxygen atoms in total. The van der Waals surface area contributed by atoms with Gasteiger partial charge in [0.05, 0.1) is 10.6 Å². The Morgan fingerprint density at radius 3 is 2.37 bits per heavy atom. The SMILES string of the molecule is C=O.NCc1ccccc1.O=C(COc1ccc(Cl)c(F)c1)NC12CCC(O)(C1)C2. The average Bonchev–Trinajstić information content (AvgIpc) is 3.24. The molecule has 3 aliphatic rings. The highest BCUT2D eigenvalue weighted by molar-refractivity contribution is 6.30. The van der Waals surface area contributed by atoms with Crippen LogP contribution in [0.15, 0.2) is 48.5 Å². The van der Waals surface area contributed by atoms with Crippen molar-refractivity contribution in [2.75, 3.05) is 6.61 Å². The number of nitrogens with one attached hydrogen (secondary N) is 1. The average molecular weight is 437 g/mol. The first kappa shape index (κ1) is 23.8. The van der Waals surface area contributed by atoms with Crippen LogP contribution in [-0.4, -0.2) is 35.5 Å². The Morgan fingerprint density at radius 2 is 1.87 bits per heavy atom. The molecule has 3 aliphatic carbocycles. The highest BCUT2D eigenvalue weighted by Gasteiger charge is 2.60. The second-order valence-corrected chi connectivity index (χ2v) is 7.87. The first-order chi connectivity index (χ1) is 14.3. The first-order valence-corrected chi connectivity index (χ1v) is 9.85. The number of hydrogen-bond acceptors (Lipinski definition) is 5. The van der Waals surface area contributed by atoms with Crippen LogP contribution in [0.1, 0.15) is 31.2 Å². The molecule has 4 N–H and O–H groups in total. The second-order valence-electron chi connectivity index (χ2n) is 7.46. The fourth-order valence-electron chi connectivity index (χ4n) is 3.85. The Balaban J connectivity index is 0.000000269. The monoisotopic (exact) mass is 436 g/mol. The number of amides is 1. The van der Waals surface area contributed by atoms with Crippen LogP contribution < -0.4 is 15.8 Å². The third kappa shape index (κ3) is 6.26. The van der Waals surface area contributed by atoms with Gasteiger partial charge in [0.2, 0.25) is 0 Å². The van der Waals surface area contributed by atoms with Crippen molar-refractivity contribution < 1.29 is 23.8 Å². The van der Waals surface area contributed by atoms with E-state index in [-0.39, 0.29) is 28.8 Å². The zero-order chi connectivity index (χ0) is 22.2.